The molecule has 0 aromatic rings. The lowest BCUT2D eigenvalue weighted by Crippen LogP contribution is -2.49. The molecule has 19 heavy (non-hydrogen) atoms. The van der Waals surface area contributed by atoms with Gasteiger partial charge in [-0.05, 0) is 32.1 Å². The van der Waals surface area contributed by atoms with Crippen molar-refractivity contribution in [3.63, 3.8) is 0 Å². The third kappa shape index (κ3) is 3.55. The number of ether oxygens (including phenoxy) is 1. The molecule has 0 radical (unpaired) electrons. The number of hydrogen-bond donors (Lipinski definition) is 2. The van der Waals surface area contributed by atoms with Crippen LogP contribution in [-0.4, -0.2) is 59.3 Å². The number of nitrogens with two attached hydrogens (primary N) is 1. The highest BCUT2D eigenvalue weighted by Crippen LogP contribution is 2.39. The van der Waals surface area contributed by atoms with E-state index in [9.17, 15) is 0 Å². The van der Waals surface area contributed by atoms with Crippen LogP contribution in [0.4, 0.5) is 0 Å². The summed E-state index contributed by atoms with van der Waals surface area (Å²) in [6.07, 6.45) is 3.36. The van der Waals surface area contributed by atoms with Crippen LogP contribution in [0.3, 0.4) is 0 Å². The molecule has 2 saturated heterocycles. The van der Waals surface area contributed by atoms with Crippen LogP contribution >= 0.6 is 11.8 Å². The summed E-state index contributed by atoms with van der Waals surface area (Å²) in [5, 5.41) is 11.8. The Morgan fingerprint density at radius 3 is 3.11 bits per heavy atom. The molecule has 3 N–H and O–H groups in total. The van der Waals surface area contributed by atoms with Crippen molar-refractivity contribution in [1.82, 2.24) is 4.90 Å². The molecule has 5 nitrogen and oxygen atoms in total. The van der Waals surface area contributed by atoms with Gasteiger partial charge in [0, 0.05) is 30.9 Å². The molecule has 0 amide bonds. The number of rotatable bonds is 4. The molecule has 6 heteroatoms. The molecule has 2 heterocycles. The molecule has 2 aliphatic rings. The van der Waals surface area contributed by atoms with E-state index in [0.717, 1.165) is 31.7 Å². The summed E-state index contributed by atoms with van der Waals surface area (Å²) in [7, 11) is 2.13. The zero-order valence-corrected chi connectivity index (χ0v) is 12.7. The Morgan fingerprint density at radius 1 is 1.68 bits per heavy atom. The van der Waals surface area contributed by atoms with Gasteiger partial charge in [-0.15, -0.1) is 0 Å². The first-order chi connectivity index (χ1) is 9.06. The monoisotopic (exact) mass is 287 g/mol. The first-order valence-electron chi connectivity index (χ1n) is 6.96. The van der Waals surface area contributed by atoms with Crippen molar-refractivity contribution in [1.29, 1.82) is 0 Å². The first kappa shape index (κ1) is 14.9. The second kappa shape index (κ2) is 6.33. The number of amidine groups is 1. The van der Waals surface area contributed by atoms with Crippen LogP contribution in [0.2, 0.25) is 0 Å². The molecule has 0 saturated carbocycles. The standard InChI is InChI=1S/C13H25N3O2S/c1-10(12(14)15-17)8-16(2)11-3-5-18-13(7-11)4-6-19-9-13/h10-11,17H,3-9H2,1-2H3,(H2,14,15). The Bertz CT molecular complexity index is 332. The van der Waals surface area contributed by atoms with Crippen LogP contribution in [0, 0.1) is 5.92 Å². The topological polar surface area (TPSA) is 71.1 Å². The molecule has 0 aliphatic carbocycles. The number of nitrogens with zero attached hydrogens (tertiary/aromatic N) is 2. The summed E-state index contributed by atoms with van der Waals surface area (Å²) in [5.41, 5.74) is 5.77. The largest absolute Gasteiger partial charge is 0.409 e. The molecule has 3 atom stereocenters. The fraction of sp³-hybridized carbons (Fsp3) is 0.923. The first-order valence-corrected chi connectivity index (χ1v) is 8.11. The van der Waals surface area contributed by atoms with Gasteiger partial charge in [0.2, 0.25) is 0 Å². The summed E-state index contributed by atoms with van der Waals surface area (Å²) in [5.74, 6) is 2.74. The van der Waals surface area contributed by atoms with E-state index in [2.05, 4.69) is 17.1 Å². The van der Waals surface area contributed by atoms with E-state index in [1.165, 1.54) is 12.2 Å². The Kier molecular flexibility index (Phi) is 4.97. The summed E-state index contributed by atoms with van der Waals surface area (Å²) in [4.78, 5) is 2.34. The smallest absolute Gasteiger partial charge is 0.143 e. The number of hydrogen-bond acceptors (Lipinski definition) is 5. The zero-order chi connectivity index (χ0) is 13.9. The Morgan fingerprint density at radius 2 is 2.47 bits per heavy atom. The van der Waals surface area contributed by atoms with Crippen LogP contribution in [0.5, 0.6) is 0 Å². The van der Waals surface area contributed by atoms with Gasteiger partial charge in [-0.3, -0.25) is 0 Å². The van der Waals surface area contributed by atoms with Gasteiger partial charge >= 0.3 is 0 Å². The Hall–Kier alpha value is -0.460. The predicted octanol–water partition coefficient (Wildman–Crippen LogP) is 1.36. The van der Waals surface area contributed by atoms with Gasteiger partial charge in [0.05, 0.1) is 5.60 Å². The Balaban J connectivity index is 1.90. The van der Waals surface area contributed by atoms with Crippen molar-refractivity contribution in [2.45, 2.75) is 37.8 Å². The van der Waals surface area contributed by atoms with Crippen LogP contribution in [-0.2, 0) is 4.74 Å². The van der Waals surface area contributed by atoms with Crippen LogP contribution in [0.15, 0.2) is 5.16 Å². The van der Waals surface area contributed by atoms with Crippen molar-refractivity contribution >= 4 is 17.6 Å². The fourth-order valence-corrected chi connectivity index (χ4v) is 4.39. The summed E-state index contributed by atoms with van der Waals surface area (Å²) >= 11 is 2.00. The van der Waals surface area contributed by atoms with E-state index in [-0.39, 0.29) is 11.5 Å². The third-order valence-corrected chi connectivity index (χ3v) is 5.56. The molecule has 0 aromatic carbocycles. The van der Waals surface area contributed by atoms with Gasteiger partial charge < -0.3 is 20.6 Å². The van der Waals surface area contributed by atoms with Crippen LogP contribution in [0.1, 0.15) is 26.2 Å². The average Bonchev–Trinajstić information content (AvgIpc) is 2.85. The maximum atomic E-state index is 8.72. The lowest BCUT2D eigenvalue weighted by atomic mass is 9.89. The van der Waals surface area contributed by atoms with E-state index in [0.29, 0.717) is 11.9 Å². The van der Waals surface area contributed by atoms with E-state index in [1.807, 2.05) is 18.7 Å². The maximum absolute atomic E-state index is 8.72. The molecule has 0 bridgehead atoms. The molecule has 2 rings (SSSR count). The minimum absolute atomic E-state index is 0.0757. The maximum Gasteiger partial charge on any atom is 0.143 e. The van der Waals surface area contributed by atoms with Crippen LogP contribution < -0.4 is 5.73 Å². The quantitative estimate of drug-likeness (QED) is 0.353. The van der Waals surface area contributed by atoms with Gasteiger partial charge in [0.25, 0.3) is 0 Å². The normalized spacial score (nSPS) is 34.1. The third-order valence-electron chi connectivity index (χ3n) is 4.34. The van der Waals surface area contributed by atoms with Crippen molar-refractivity contribution < 1.29 is 9.94 Å². The van der Waals surface area contributed by atoms with Crippen LogP contribution in [0.25, 0.3) is 0 Å². The van der Waals surface area contributed by atoms with Crippen molar-refractivity contribution in [2.24, 2.45) is 16.8 Å². The second-order valence-electron chi connectivity index (χ2n) is 5.85. The molecule has 0 aromatic heterocycles. The summed E-state index contributed by atoms with van der Waals surface area (Å²) < 4.78 is 6.04. The molecule has 2 fully saturated rings. The summed E-state index contributed by atoms with van der Waals surface area (Å²) in [6.45, 7) is 3.67. The van der Waals surface area contributed by atoms with E-state index < -0.39 is 0 Å². The summed E-state index contributed by atoms with van der Waals surface area (Å²) in [6, 6.07) is 0.543. The van der Waals surface area contributed by atoms with Crippen molar-refractivity contribution in [2.75, 3.05) is 31.7 Å². The van der Waals surface area contributed by atoms with Crippen molar-refractivity contribution in [3.8, 4) is 0 Å². The minimum atomic E-state index is 0.0757. The molecular weight excluding hydrogens is 262 g/mol. The van der Waals surface area contributed by atoms with Gasteiger partial charge in [-0.25, -0.2) is 0 Å². The molecule has 110 valence electrons. The highest BCUT2D eigenvalue weighted by Gasteiger charge is 2.41. The molecular formula is C13H25N3O2S. The highest BCUT2D eigenvalue weighted by molar-refractivity contribution is 7.99. The average molecular weight is 287 g/mol. The van der Waals surface area contributed by atoms with E-state index in [1.54, 1.807) is 0 Å². The zero-order valence-electron chi connectivity index (χ0n) is 11.8. The van der Waals surface area contributed by atoms with E-state index >= 15 is 0 Å². The van der Waals surface area contributed by atoms with Gasteiger partial charge in [-0.2, -0.15) is 11.8 Å². The molecule has 3 unspecified atom stereocenters. The lowest BCUT2D eigenvalue weighted by molar-refractivity contribution is -0.0869. The van der Waals surface area contributed by atoms with Crippen molar-refractivity contribution in [3.05, 3.63) is 0 Å². The Labute approximate surface area is 119 Å². The fourth-order valence-electron chi connectivity index (χ4n) is 3.01. The predicted molar refractivity (Wildman–Crippen MR) is 78.8 cm³/mol. The SMILES string of the molecule is CC(CN(C)C1CCOC2(CCSC2)C1)C(N)=NO. The van der Waals surface area contributed by atoms with Gasteiger partial charge in [0.1, 0.15) is 5.84 Å². The number of thioether (sulfide) groups is 1. The van der Waals surface area contributed by atoms with Gasteiger partial charge in [0.15, 0.2) is 0 Å². The second-order valence-corrected chi connectivity index (χ2v) is 6.95. The molecule has 2 aliphatic heterocycles. The highest BCUT2D eigenvalue weighted by atomic mass is 32.2. The molecule has 1 spiro atoms. The minimum Gasteiger partial charge on any atom is -0.409 e. The number of oxime groups is 1. The van der Waals surface area contributed by atoms with Gasteiger partial charge in [-0.1, -0.05) is 12.1 Å². The lowest BCUT2D eigenvalue weighted by Gasteiger charge is -2.42. The van der Waals surface area contributed by atoms with E-state index in [4.69, 9.17) is 15.7 Å².